The average molecular weight is 1120 g/mol. The molecule has 0 saturated carbocycles. The molecular formula is C64H98CaN4O6S2. The molecule has 10 nitrogen and oxygen atoms in total. The second-order valence-corrected chi connectivity index (χ2v) is 24.6. The van der Waals surface area contributed by atoms with Gasteiger partial charge in [0.15, 0.2) is 0 Å². The SMILES string of the molecule is CCCCCCCCCCCCCCCCCCC1Nc2cccc(S(=O)(=O)[O-])c2N1Cc1ccccc1.CCCCCCCCCCCCCCCCCCC1Nc2cccc(S(=O)(=O)[O-])c2N1Cc1ccccc1.[Ca+2]. The average Bonchev–Trinajstić information content (AvgIpc) is 3.96. The molecule has 424 valence electrons. The summed E-state index contributed by atoms with van der Waals surface area (Å²) in [5.41, 5.74) is 4.70. The van der Waals surface area contributed by atoms with Crippen LogP contribution >= 0.6 is 0 Å². The van der Waals surface area contributed by atoms with Crippen molar-refractivity contribution in [1.29, 1.82) is 0 Å². The van der Waals surface area contributed by atoms with Crippen LogP contribution in [0.5, 0.6) is 0 Å². The first-order chi connectivity index (χ1) is 37.0. The van der Waals surface area contributed by atoms with Crippen LogP contribution in [-0.4, -0.2) is 76.0 Å². The van der Waals surface area contributed by atoms with E-state index in [2.05, 4.69) is 34.3 Å². The van der Waals surface area contributed by atoms with E-state index in [1.165, 1.54) is 205 Å². The van der Waals surface area contributed by atoms with Crippen molar-refractivity contribution in [2.45, 2.75) is 267 Å². The van der Waals surface area contributed by atoms with Gasteiger partial charge in [-0.3, -0.25) is 0 Å². The zero-order valence-corrected chi connectivity index (χ0v) is 51.6. The van der Waals surface area contributed by atoms with Crippen molar-refractivity contribution in [1.82, 2.24) is 0 Å². The Hall–Kier alpha value is -2.84. The van der Waals surface area contributed by atoms with E-state index in [0.29, 0.717) is 24.5 Å². The fourth-order valence-corrected chi connectivity index (χ4v) is 12.7. The molecule has 77 heavy (non-hydrogen) atoms. The second kappa shape index (κ2) is 38.7. The van der Waals surface area contributed by atoms with Gasteiger partial charge in [-0.15, -0.1) is 0 Å². The van der Waals surface area contributed by atoms with Gasteiger partial charge in [0.2, 0.25) is 0 Å². The third kappa shape index (κ3) is 25.2. The number of hydrogen-bond donors (Lipinski definition) is 2. The molecule has 2 aliphatic rings. The van der Waals surface area contributed by atoms with Gasteiger partial charge in [0.25, 0.3) is 0 Å². The molecule has 0 bridgehead atoms. The van der Waals surface area contributed by atoms with Crippen LogP contribution in [0.2, 0.25) is 0 Å². The number of nitrogens with zero attached hydrogens (tertiary/aromatic N) is 2. The van der Waals surface area contributed by atoms with Crippen molar-refractivity contribution in [2.75, 3.05) is 20.4 Å². The van der Waals surface area contributed by atoms with E-state index >= 15 is 0 Å². The van der Waals surface area contributed by atoms with Crippen LogP contribution < -0.4 is 20.4 Å². The number of para-hydroxylation sites is 2. The van der Waals surface area contributed by atoms with Gasteiger partial charge in [-0.1, -0.05) is 279 Å². The van der Waals surface area contributed by atoms with Gasteiger partial charge < -0.3 is 29.5 Å². The summed E-state index contributed by atoms with van der Waals surface area (Å²) in [4.78, 5) is 3.88. The molecule has 2 heterocycles. The number of unbranched alkanes of at least 4 members (excludes halogenated alkanes) is 30. The number of fused-ring (bicyclic) bond motifs is 2. The van der Waals surface area contributed by atoms with Crippen LogP contribution in [-0.2, 0) is 33.3 Å². The number of rotatable bonds is 40. The van der Waals surface area contributed by atoms with Crippen LogP contribution in [0.3, 0.4) is 0 Å². The van der Waals surface area contributed by atoms with Crippen molar-refractivity contribution in [3.8, 4) is 0 Å². The van der Waals surface area contributed by atoms with E-state index < -0.39 is 20.2 Å². The van der Waals surface area contributed by atoms with Crippen molar-refractivity contribution in [3.63, 3.8) is 0 Å². The van der Waals surface area contributed by atoms with Gasteiger partial charge >= 0.3 is 37.7 Å². The molecule has 0 radical (unpaired) electrons. The van der Waals surface area contributed by atoms with Crippen LogP contribution in [0.1, 0.15) is 243 Å². The summed E-state index contributed by atoms with van der Waals surface area (Å²) < 4.78 is 72.0. The Morgan fingerprint density at radius 2 is 0.623 bits per heavy atom. The van der Waals surface area contributed by atoms with Gasteiger partial charge in [-0.25, -0.2) is 16.8 Å². The quantitative estimate of drug-likeness (QED) is 0.0251. The maximum absolute atomic E-state index is 12.0. The van der Waals surface area contributed by atoms with Gasteiger partial charge in [0, 0.05) is 13.1 Å². The Bertz CT molecular complexity index is 2230. The minimum absolute atomic E-state index is 0. The molecular weight excluding hydrogens is 1020 g/mol. The van der Waals surface area contributed by atoms with Gasteiger partial charge in [-0.05, 0) is 61.1 Å². The van der Waals surface area contributed by atoms with Crippen molar-refractivity contribution < 1.29 is 25.9 Å². The van der Waals surface area contributed by atoms with Crippen LogP contribution in [0, 0.1) is 0 Å². The Balaban J connectivity index is 0.000000328. The first-order valence-electron chi connectivity index (χ1n) is 30.3. The van der Waals surface area contributed by atoms with Crippen molar-refractivity contribution >= 4 is 80.7 Å². The first-order valence-corrected chi connectivity index (χ1v) is 33.1. The normalized spacial score (nSPS) is 14.8. The van der Waals surface area contributed by atoms with Crippen LogP contribution in [0.4, 0.5) is 22.7 Å². The van der Waals surface area contributed by atoms with Crippen molar-refractivity contribution in [2.24, 2.45) is 0 Å². The topological polar surface area (TPSA) is 145 Å². The van der Waals surface area contributed by atoms with Gasteiger partial charge in [-0.2, -0.15) is 0 Å². The monoisotopic (exact) mass is 1120 g/mol. The molecule has 2 atom stereocenters. The summed E-state index contributed by atoms with van der Waals surface area (Å²) in [6.45, 7) is 5.68. The molecule has 2 N–H and O–H groups in total. The molecule has 2 unspecified atom stereocenters. The van der Waals surface area contributed by atoms with E-state index in [0.717, 1.165) is 48.2 Å². The maximum Gasteiger partial charge on any atom is 2.00 e. The van der Waals surface area contributed by atoms with Gasteiger partial charge in [0.1, 0.15) is 20.2 Å². The molecule has 0 aromatic heterocycles. The van der Waals surface area contributed by atoms with Gasteiger partial charge in [0.05, 0.1) is 44.9 Å². The standard InChI is InChI=1S/2C32H50N2O3S.Ca/c2*1-2-3-4-5-6-7-8-9-10-11-12-13-14-15-16-20-26-31-33-29-24-21-25-30(38(35,36)37)32(29)34(31)27-28-22-18-17-19-23-28;/h2*17-19,21-25,31,33H,2-16,20,26-27H2,1H3,(H,35,36,37);/q;;+2/p-2. The Kier molecular flexibility index (Phi) is 33.5. The van der Waals surface area contributed by atoms with E-state index in [4.69, 9.17) is 0 Å². The smallest absolute Gasteiger partial charge is 0.744 e. The third-order valence-electron chi connectivity index (χ3n) is 15.6. The minimum Gasteiger partial charge on any atom is -0.744 e. The first kappa shape index (κ1) is 66.7. The Morgan fingerprint density at radius 3 is 0.883 bits per heavy atom. The van der Waals surface area contributed by atoms with Crippen LogP contribution in [0.15, 0.2) is 107 Å². The third-order valence-corrected chi connectivity index (χ3v) is 17.3. The fourth-order valence-electron chi connectivity index (χ4n) is 11.3. The molecule has 2 aliphatic heterocycles. The van der Waals surface area contributed by atoms with Crippen LogP contribution in [0.25, 0.3) is 0 Å². The predicted octanol–water partition coefficient (Wildman–Crippen LogP) is 17.6. The van der Waals surface area contributed by atoms with Crippen molar-refractivity contribution in [3.05, 3.63) is 108 Å². The van der Waals surface area contributed by atoms with E-state index in [1.54, 1.807) is 12.1 Å². The summed E-state index contributed by atoms with van der Waals surface area (Å²) in [7, 11) is -9.12. The Labute approximate surface area is 498 Å². The second-order valence-electron chi connectivity index (χ2n) is 21.9. The van der Waals surface area contributed by atoms with E-state index in [-0.39, 0.29) is 59.9 Å². The van der Waals surface area contributed by atoms with E-state index in [9.17, 15) is 25.9 Å². The fraction of sp³-hybridized carbons (Fsp3) is 0.625. The number of benzene rings is 4. The zero-order chi connectivity index (χ0) is 54.1. The minimum atomic E-state index is -4.56. The maximum atomic E-state index is 12.0. The molecule has 13 heteroatoms. The molecule has 4 aromatic carbocycles. The molecule has 0 fully saturated rings. The number of anilines is 4. The molecule has 4 aromatic rings. The summed E-state index contributed by atoms with van der Waals surface area (Å²) >= 11 is 0. The number of hydrogen-bond acceptors (Lipinski definition) is 10. The molecule has 0 saturated heterocycles. The summed E-state index contributed by atoms with van der Waals surface area (Å²) in [5.74, 6) is 0. The zero-order valence-electron chi connectivity index (χ0n) is 47.7. The molecule has 0 amide bonds. The molecule has 0 spiro atoms. The summed E-state index contributed by atoms with van der Waals surface area (Å²) in [6, 6.07) is 29.9. The van der Waals surface area contributed by atoms with E-state index in [1.807, 2.05) is 72.8 Å². The molecule has 0 aliphatic carbocycles. The largest absolute Gasteiger partial charge is 2.00 e. The summed E-state index contributed by atoms with van der Waals surface area (Å²) in [5, 5.41) is 6.98. The number of nitrogens with one attached hydrogen (secondary N) is 2. The molecule has 6 rings (SSSR count). The Morgan fingerprint density at radius 1 is 0.364 bits per heavy atom. The summed E-state index contributed by atoms with van der Waals surface area (Å²) in [6.07, 6.45) is 44.7. The predicted molar refractivity (Wildman–Crippen MR) is 323 cm³/mol.